The zero-order valence-corrected chi connectivity index (χ0v) is 9.41. The van der Waals surface area contributed by atoms with Crippen molar-refractivity contribution in [3.63, 3.8) is 0 Å². The van der Waals surface area contributed by atoms with Gasteiger partial charge in [0.2, 0.25) is 0 Å². The van der Waals surface area contributed by atoms with E-state index < -0.39 is 0 Å². The maximum absolute atomic E-state index is 12.0. The number of likely N-dealkylation sites (tertiary alicyclic amines) is 1. The first-order chi connectivity index (χ1) is 7.20. The van der Waals surface area contributed by atoms with Crippen molar-refractivity contribution in [3.8, 4) is 0 Å². The predicted octanol–water partition coefficient (Wildman–Crippen LogP) is 2.51. The fourth-order valence-corrected chi connectivity index (χ4v) is 2.22. The van der Waals surface area contributed by atoms with Crippen LogP contribution in [0.2, 0.25) is 0 Å². The molecule has 2 rings (SSSR count). The molecule has 82 valence electrons. The fraction of sp³-hybridized carbons (Fsp3) is 0.545. The molecule has 1 aliphatic heterocycles. The molecule has 1 saturated heterocycles. The third-order valence-electron chi connectivity index (χ3n) is 2.89. The zero-order valence-electron chi connectivity index (χ0n) is 8.65. The molecule has 4 heteroatoms. The van der Waals surface area contributed by atoms with E-state index >= 15 is 0 Å². The van der Waals surface area contributed by atoms with Crippen molar-refractivity contribution < 1.29 is 9.21 Å². The van der Waals surface area contributed by atoms with E-state index in [0.29, 0.717) is 5.76 Å². The van der Waals surface area contributed by atoms with Crippen molar-refractivity contribution in [3.05, 3.63) is 24.2 Å². The molecule has 0 aliphatic carbocycles. The minimum absolute atomic E-state index is 0.0534. The molecule has 0 radical (unpaired) electrons. The normalized spacial score (nSPS) is 26.7. The number of hydrogen-bond donors (Lipinski definition) is 0. The molecular formula is C11H14ClNO2. The largest absolute Gasteiger partial charge is 0.459 e. The number of nitrogens with zero attached hydrogens (tertiary/aromatic N) is 1. The highest BCUT2D eigenvalue weighted by Gasteiger charge is 2.31. The number of carbonyl (C=O) groups excluding carboxylic acids is 1. The maximum atomic E-state index is 12.0. The van der Waals surface area contributed by atoms with Crippen LogP contribution in [0, 0.1) is 0 Å². The van der Waals surface area contributed by atoms with Gasteiger partial charge in [-0.2, -0.15) is 0 Å². The van der Waals surface area contributed by atoms with Gasteiger partial charge in [-0.3, -0.25) is 4.79 Å². The van der Waals surface area contributed by atoms with Gasteiger partial charge < -0.3 is 9.32 Å². The number of alkyl halides is 1. The van der Waals surface area contributed by atoms with Gasteiger partial charge in [0.1, 0.15) is 0 Å². The lowest BCUT2D eigenvalue weighted by atomic mass is 10.0. The van der Waals surface area contributed by atoms with Gasteiger partial charge in [-0.05, 0) is 31.9 Å². The number of piperidine rings is 1. The van der Waals surface area contributed by atoms with Crippen LogP contribution < -0.4 is 0 Å². The van der Waals surface area contributed by atoms with Crippen LogP contribution in [0.4, 0.5) is 0 Å². The topological polar surface area (TPSA) is 33.5 Å². The molecule has 2 atom stereocenters. The Labute approximate surface area is 94.0 Å². The monoisotopic (exact) mass is 227 g/mol. The van der Waals surface area contributed by atoms with Crippen LogP contribution >= 0.6 is 11.6 Å². The molecule has 1 aliphatic rings. The summed E-state index contributed by atoms with van der Waals surface area (Å²) >= 11 is 6.14. The summed E-state index contributed by atoms with van der Waals surface area (Å²) < 4.78 is 5.10. The Morgan fingerprint density at radius 2 is 2.47 bits per heavy atom. The summed E-state index contributed by atoms with van der Waals surface area (Å²) in [6.07, 6.45) is 3.45. The van der Waals surface area contributed by atoms with Crippen molar-refractivity contribution >= 4 is 17.5 Å². The Kier molecular flexibility index (Phi) is 3.00. The molecule has 15 heavy (non-hydrogen) atoms. The number of furan rings is 1. The summed E-state index contributed by atoms with van der Waals surface area (Å²) in [6.45, 7) is 2.75. The number of rotatable bonds is 1. The van der Waals surface area contributed by atoms with Crippen LogP contribution in [0.3, 0.4) is 0 Å². The molecule has 0 spiro atoms. The lowest BCUT2D eigenvalue weighted by Crippen LogP contribution is -2.47. The highest BCUT2D eigenvalue weighted by molar-refractivity contribution is 6.21. The summed E-state index contributed by atoms with van der Waals surface area (Å²) in [5, 5.41) is 0.0534. The highest BCUT2D eigenvalue weighted by Crippen LogP contribution is 2.23. The molecule has 1 aromatic heterocycles. The average molecular weight is 228 g/mol. The van der Waals surface area contributed by atoms with Gasteiger partial charge in [-0.1, -0.05) is 0 Å². The zero-order chi connectivity index (χ0) is 10.8. The van der Waals surface area contributed by atoms with Gasteiger partial charge in [0.05, 0.1) is 11.6 Å². The Hall–Kier alpha value is -0.960. The van der Waals surface area contributed by atoms with Gasteiger partial charge in [0.25, 0.3) is 5.91 Å². The third kappa shape index (κ3) is 2.02. The van der Waals surface area contributed by atoms with E-state index in [4.69, 9.17) is 16.0 Å². The van der Waals surface area contributed by atoms with Crippen LogP contribution in [0.1, 0.15) is 30.3 Å². The Morgan fingerprint density at radius 1 is 1.67 bits per heavy atom. The van der Waals surface area contributed by atoms with E-state index in [0.717, 1.165) is 19.4 Å². The molecule has 2 heterocycles. The summed E-state index contributed by atoms with van der Waals surface area (Å²) in [5.74, 6) is 0.338. The molecule has 0 N–H and O–H groups in total. The minimum Gasteiger partial charge on any atom is -0.459 e. The van der Waals surface area contributed by atoms with Gasteiger partial charge in [-0.25, -0.2) is 0 Å². The Morgan fingerprint density at radius 3 is 3.13 bits per heavy atom. The molecule has 0 aromatic carbocycles. The van der Waals surface area contributed by atoms with Crippen LogP contribution in [-0.2, 0) is 0 Å². The SMILES string of the molecule is CC1C(Cl)CCCN1C(=O)c1ccco1. The van der Waals surface area contributed by atoms with E-state index in [1.807, 2.05) is 6.92 Å². The summed E-state index contributed by atoms with van der Waals surface area (Å²) in [6, 6.07) is 3.49. The van der Waals surface area contributed by atoms with Gasteiger partial charge in [-0.15, -0.1) is 11.6 Å². The summed E-state index contributed by atoms with van der Waals surface area (Å²) in [5.41, 5.74) is 0. The third-order valence-corrected chi connectivity index (χ3v) is 3.47. The number of amides is 1. The highest BCUT2D eigenvalue weighted by atomic mass is 35.5. The molecule has 2 unspecified atom stereocenters. The molecule has 3 nitrogen and oxygen atoms in total. The van der Waals surface area contributed by atoms with Crippen molar-refractivity contribution in [2.24, 2.45) is 0 Å². The summed E-state index contributed by atoms with van der Waals surface area (Å²) in [4.78, 5) is 13.8. The molecule has 0 saturated carbocycles. The predicted molar refractivity (Wildman–Crippen MR) is 58.1 cm³/mol. The first-order valence-corrected chi connectivity index (χ1v) is 5.62. The van der Waals surface area contributed by atoms with Crippen molar-refractivity contribution in [1.82, 2.24) is 4.90 Å². The van der Waals surface area contributed by atoms with E-state index in [1.165, 1.54) is 6.26 Å². The van der Waals surface area contributed by atoms with Crippen molar-refractivity contribution in [1.29, 1.82) is 0 Å². The molecule has 1 fully saturated rings. The van der Waals surface area contributed by atoms with Crippen molar-refractivity contribution in [2.45, 2.75) is 31.2 Å². The fourth-order valence-electron chi connectivity index (χ4n) is 1.93. The average Bonchev–Trinajstić information content (AvgIpc) is 2.74. The Bertz CT molecular complexity index is 336. The van der Waals surface area contributed by atoms with E-state index in [-0.39, 0.29) is 17.3 Å². The lowest BCUT2D eigenvalue weighted by molar-refractivity contribution is 0.0608. The molecular weight excluding hydrogens is 214 g/mol. The maximum Gasteiger partial charge on any atom is 0.289 e. The van der Waals surface area contributed by atoms with Gasteiger partial charge >= 0.3 is 0 Å². The molecule has 1 amide bonds. The molecule has 0 bridgehead atoms. The van der Waals surface area contributed by atoms with E-state index in [9.17, 15) is 4.79 Å². The number of halogens is 1. The summed E-state index contributed by atoms with van der Waals surface area (Å²) in [7, 11) is 0. The van der Waals surface area contributed by atoms with Crippen LogP contribution in [-0.4, -0.2) is 28.8 Å². The second-order valence-corrected chi connectivity index (χ2v) is 4.44. The van der Waals surface area contributed by atoms with Crippen LogP contribution in [0.5, 0.6) is 0 Å². The van der Waals surface area contributed by atoms with Crippen LogP contribution in [0.25, 0.3) is 0 Å². The minimum atomic E-state index is -0.0575. The van der Waals surface area contributed by atoms with E-state index in [2.05, 4.69) is 0 Å². The van der Waals surface area contributed by atoms with Gasteiger partial charge in [0, 0.05) is 12.6 Å². The smallest absolute Gasteiger partial charge is 0.289 e. The van der Waals surface area contributed by atoms with Crippen LogP contribution in [0.15, 0.2) is 22.8 Å². The second kappa shape index (κ2) is 4.27. The van der Waals surface area contributed by atoms with Crippen molar-refractivity contribution in [2.75, 3.05) is 6.54 Å². The Balaban J connectivity index is 2.13. The second-order valence-electron chi connectivity index (χ2n) is 3.87. The molecule has 1 aromatic rings. The quantitative estimate of drug-likeness (QED) is 0.691. The standard InChI is InChI=1S/C11H14ClNO2/c1-8-9(12)4-2-6-13(8)11(14)10-5-3-7-15-10/h3,5,7-9H,2,4,6H2,1H3. The lowest BCUT2D eigenvalue weighted by Gasteiger charge is -2.36. The number of carbonyl (C=O) groups is 1. The van der Waals surface area contributed by atoms with E-state index in [1.54, 1.807) is 17.0 Å². The number of hydrogen-bond acceptors (Lipinski definition) is 2. The first-order valence-electron chi connectivity index (χ1n) is 5.18. The first kappa shape index (κ1) is 10.6. The van der Waals surface area contributed by atoms with Gasteiger partial charge in [0.15, 0.2) is 5.76 Å².